The Kier molecular flexibility index (Phi) is 3.26. The molecule has 1 fully saturated rings. The molecule has 1 aliphatic heterocycles. The van der Waals surface area contributed by atoms with Gasteiger partial charge >= 0.3 is 0 Å². The molecule has 0 atom stereocenters. The van der Waals surface area contributed by atoms with Gasteiger partial charge in [-0.05, 0) is 25.5 Å². The van der Waals surface area contributed by atoms with Crippen LogP contribution in [0.15, 0.2) is 18.3 Å². The number of amides is 1. The van der Waals surface area contributed by atoms with Gasteiger partial charge in [-0.2, -0.15) is 0 Å². The minimum absolute atomic E-state index is 0.155. The lowest BCUT2D eigenvalue weighted by atomic mass is 10.1. The number of hydrogen-bond acceptors (Lipinski definition) is 2. The molecule has 0 bridgehead atoms. The molecule has 0 radical (unpaired) electrons. The lowest BCUT2D eigenvalue weighted by Gasteiger charge is -2.27. The summed E-state index contributed by atoms with van der Waals surface area (Å²) in [7, 11) is 2.01. The molecule has 20 heavy (non-hydrogen) atoms. The van der Waals surface area contributed by atoms with E-state index >= 15 is 0 Å². The minimum Gasteiger partial charge on any atom is -0.350 e. The Labute approximate surface area is 119 Å². The fourth-order valence-electron chi connectivity index (χ4n) is 3.17. The molecule has 0 aliphatic carbocycles. The van der Waals surface area contributed by atoms with Crippen molar-refractivity contribution in [2.24, 2.45) is 7.05 Å². The normalized spacial score (nSPS) is 15.8. The van der Waals surface area contributed by atoms with Gasteiger partial charge in [-0.3, -0.25) is 4.79 Å². The molecule has 1 amide bonds. The molecule has 1 aromatic heterocycles. The topological polar surface area (TPSA) is 37.3 Å². The highest BCUT2D eigenvalue weighted by molar-refractivity contribution is 6.07. The molecule has 106 valence electrons. The van der Waals surface area contributed by atoms with Gasteiger partial charge in [-0.15, -0.1) is 0 Å². The molecule has 0 unspecified atom stereocenters. The number of carbonyl (C=O) groups is 1. The Morgan fingerprint density at radius 2 is 1.90 bits per heavy atom. The molecule has 1 N–H and O–H groups in total. The van der Waals surface area contributed by atoms with Gasteiger partial charge in [-0.1, -0.05) is 11.6 Å². The summed E-state index contributed by atoms with van der Waals surface area (Å²) in [5.74, 6) is 0.155. The highest BCUT2D eigenvalue weighted by Crippen LogP contribution is 2.26. The van der Waals surface area contributed by atoms with E-state index in [2.05, 4.69) is 35.9 Å². The summed E-state index contributed by atoms with van der Waals surface area (Å²) in [4.78, 5) is 14.7. The predicted molar refractivity (Wildman–Crippen MR) is 81.2 cm³/mol. The van der Waals surface area contributed by atoms with E-state index in [0.717, 1.165) is 42.6 Å². The van der Waals surface area contributed by atoms with Crippen molar-refractivity contribution in [1.29, 1.82) is 0 Å². The zero-order valence-electron chi connectivity index (χ0n) is 12.4. The van der Waals surface area contributed by atoms with Crippen LogP contribution in [0.3, 0.4) is 0 Å². The average Bonchev–Trinajstić information content (AvgIpc) is 2.76. The van der Waals surface area contributed by atoms with Crippen molar-refractivity contribution in [2.45, 2.75) is 13.8 Å². The summed E-state index contributed by atoms with van der Waals surface area (Å²) in [5, 5.41) is 4.36. The van der Waals surface area contributed by atoms with Crippen molar-refractivity contribution < 1.29 is 4.79 Å². The molecular formula is C16H21N3O. The number of nitrogens with zero attached hydrogens (tertiary/aromatic N) is 2. The number of rotatable bonds is 1. The maximum atomic E-state index is 12.7. The number of carbonyl (C=O) groups excluding carboxylic acids is 1. The highest BCUT2D eigenvalue weighted by atomic mass is 16.2. The van der Waals surface area contributed by atoms with Crippen LogP contribution in [0, 0.1) is 13.8 Å². The molecule has 2 aromatic rings. The van der Waals surface area contributed by atoms with Crippen LogP contribution in [-0.4, -0.2) is 41.6 Å². The van der Waals surface area contributed by atoms with E-state index in [1.54, 1.807) is 0 Å². The lowest BCUT2D eigenvalue weighted by molar-refractivity contribution is 0.0737. The standard InChI is InChI=1S/C16H21N3O/c1-11-8-12(2)15-13(9-11)14(10-18(15)3)16(20)19-6-4-17-5-7-19/h8-10,17H,4-7H2,1-3H3. The van der Waals surface area contributed by atoms with Crippen LogP contribution >= 0.6 is 0 Å². The molecule has 1 saturated heterocycles. The molecule has 4 nitrogen and oxygen atoms in total. The smallest absolute Gasteiger partial charge is 0.256 e. The van der Waals surface area contributed by atoms with Crippen LogP contribution in [0.4, 0.5) is 0 Å². The van der Waals surface area contributed by atoms with Crippen molar-refractivity contribution in [3.8, 4) is 0 Å². The van der Waals surface area contributed by atoms with Crippen molar-refractivity contribution >= 4 is 16.8 Å². The van der Waals surface area contributed by atoms with Gasteiger partial charge in [0.25, 0.3) is 5.91 Å². The number of fused-ring (bicyclic) bond motifs is 1. The molecule has 1 aromatic carbocycles. The third-order valence-corrected chi connectivity index (χ3v) is 4.05. The van der Waals surface area contributed by atoms with Crippen molar-refractivity contribution in [2.75, 3.05) is 26.2 Å². The molecule has 4 heteroatoms. The minimum atomic E-state index is 0.155. The van der Waals surface area contributed by atoms with E-state index in [4.69, 9.17) is 0 Å². The summed E-state index contributed by atoms with van der Waals surface area (Å²) in [5.41, 5.74) is 4.42. The van der Waals surface area contributed by atoms with Gasteiger partial charge in [-0.25, -0.2) is 0 Å². The highest BCUT2D eigenvalue weighted by Gasteiger charge is 2.22. The summed E-state index contributed by atoms with van der Waals surface area (Å²) < 4.78 is 2.07. The monoisotopic (exact) mass is 271 g/mol. The quantitative estimate of drug-likeness (QED) is 0.859. The van der Waals surface area contributed by atoms with Gasteiger partial charge in [0, 0.05) is 44.8 Å². The second kappa shape index (κ2) is 4.94. The number of aromatic nitrogens is 1. The first kappa shape index (κ1) is 13.2. The lowest BCUT2D eigenvalue weighted by Crippen LogP contribution is -2.46. The van der Waals surface area contributed by atoms with Gasteiger partial charge in [0.1, 0.15) is 0 Å². The maximum absolute atomic E-state index is 12.7. The van der Waals surface area contributed by atoms with Gasteiger partial charge in [0.05, 0.1) is 11.1 Å². The second-order valence-electron chi connectivity index (χ2n) is 5.67. The maximum Gasteiger partial charge on any atom is 0.256 e. The fraction of sp³-hybridized carbons (Fsp3) is 0.438. The molecule has 3 rings (SSSR count). The van der Waals surface area contributed by atoms with Crippen LogP contribution in [0.2, 0.25) is 0 Å². The Bertz CT molecular complexity index is 666. The van der Waals surface area contributed by atoms with Crippen LogP contribution in [0.25, 0.3) is 10.9 Å². The van der Waals surface area contributed by atoms with Crippen molar-refractivity contribution in [3.63, 3.8) is 0 Å². The SMILES string of the molecule is Cc1cc(C)c2c(c1)c(C(=O)N1CCNCC1)cn2C. The van der Waals surface area contributed by atoms with E-state index in [9.17, 15) is 4.79 Å². The zero-order valence-corrected chi connectivity index (χ0v) is 12.4. The van der Waals surface area contributed by atoms with E-state index in [1.807, 2.05) is 18.1 Å². The van der Waals surface area contributed by atoms with Crippen molar-refractivity contribution in [1.82, 2.24) is 14.8 Å². The van der Waals surface area contributed by atoms with E-state index in [1.165, 1.54) is 11.1 Å². The molecule has 2 heterocycles. The van der Waals surface area contributed by atoms with E-state index < -0.39 is 0 Å². The Hall–Kier alpha value is -1.81. The van der Waals surface area contributed by atoms with E-state index in [-0.39, 0.29) is 5.91 Å². The first-order chi connectivity index (χ1) is 9.58. The Morgan fingerprint density at radius 1 is 1.20 bits per heavy atom. The molecular weight excluding hydrogens is 250 g/mol. The fourth-order valence-corrected chi connectivity index (χ4v) is 3.17. The number of benzene rings is 1. The van der Waals surface area contributed by atoms with Crippen LogP contribution in [0.5, 0.6) is 0 Å². The number of aryl methyl sites for hydroxylation is 3. The third-order valence-electron chi connectivity index (χ3n) is 4.05. The molecule has 1 aliphatic rings. The number of nitrogens with one attached hydrogen (secondary N) is 1. The van der Waals surface area contributed by atoms with E-state index in [0.29, 0.717) is 0 Å². The van der Waals surface area contributed by atoms with Gasteiger partial charge in [0.2, 0.25) is 0 Å². The average molecular weight is 271 g/mol. The van der Waals surface area contributed by atoms with Gasteiger partial charge < -0.3 is 14.8 Å². The predicted octanol–water partition coefficient (Wildman–Crippen LogP) is 1.84. The Morgan fingerprint density at radius 3 is 2.60 bits per heavy atom. The van der Waals surface area contributed by atoms with Crippen LogP contribution < -0.4 is 5.32 Å². The number of hydrogen-bond donors (Lipinski definition) is 1. The Balaban J connectivity index is 2.09. The van der Waals surface area contributed by atoms with Crippen molar-refractivity contribution in [3.05, 3.63) is 35.0 Å². The summed E-state index contributed by atoms with van der Waals surface area (Å²) >= 11 is 0. The number of piperazine rings is 1. The second-order valence-corrected chi connectivity index (χ2v) is 5.67. The third kappa shape index (κ3) is 2.10. The first-order valence-electron chi connectivity index (χ1n) is 7.14. The molecule has 0 spiro atoms. The van der Waals surface area contributed by atoms with Crippen LogP contribution in [-0.2, 0) is 7.05 Å². The zero-order chi connectivity index (χ0) is 14.3. The summed E-state index contributed by atoms with van der Waals surface area (Å²) in [6.07, 6.45) is 1.97. The summed E-state index contributed by atoms with van der Waals surface area (Å²) in [6.45, 7) is 7.54. The largest absolute Gasteiger partial charge is 0.350 e. The van der Waals surface area contributed by atoms with Gasteiger partial charge in [0.15, 0.2) is 0 Å². The van der Waals surface area contributed by atoms with Crippen LogP contribution in [0.1, 0.15) is 21.5 Å². The summed E-state index contributed by atoms with van der Waals surface area (Å²) in [6, 6.07) is 4.29. The first-order valence-corrected chi connectivity index (χ1v) is 7.14. The molecule has 0 saturated carbocycles.